The van der Waals surface area contributed by atoms with Gasteiger partial charge in [0.15, 0.2) is 18.2 Å². The van der Waals surface area contributed by atoms with Gasteiger partial charge in [0.2, 0.25) is 0 Å². The van der Waals surface area contributed by atoms with Crippen LogP contribution in [0.25, 0.3) is 0 Å². The standard InChI is InChI=1S/C18H16Cl2N8O3/c19-10-4-5-13(11(20)7-10)31-8-14(29)25-26-16-15(21)17(24-9-23-16)27-28-18(30)12-3-1-2-6-22-12/h1-7,9H,8,21H2,(H,25,29)(H,28,30)(H2,23,24,26,27). The summed E-state index contributed by atoms with van der Waals surface area (Å²) in [6.45, 7) is -0.329. The third-order valence-corrected chi connectivity index (χ3v) is 4.18. The summed E-state index contributed by atoms with van der Waals surface area (Å²) in [5.41, 5.74) is 16.1. The second-order valence-corrected chi connectivity index (χ2v) is 6.66. The molecule has 0 bridgehead atoms. The summed E-state index contributed by atoms with van der Waals surface area (Å²) >= 11 is 11.8. The number of halogens is 2. The largest absolute Gasteiger partial charge is 0.482 e. The molecule has 2 aromatic heterocycles. The van der Waals surface area contributed by atoms with E-state index < -0.39 is 11.8 Å². The summed E-state index contributed by atoms with van der Waals surface area (Å²) in [5.74, 6) is -0.498. The number of hydrogen-bond donors (Lipinski definition) is 5. The van der Waals surface area contributed by atoms with E-state index in [4.69, 9.17) is 33.7 Å². The van der Waals surface area contributed by atoms with E-state index in [1.807, 2.05) is 0 Å². The van der Waals surface area contributed by atoms with Crippen LogP contribution in [-0.4, -0.2) is 33.4 Å². The number of nitrogens with one attached hydrogen (secondary N) is 4. The molecule has 3 aromatic rings. The number of nitrogens with zero attached hydrogens (tertiary/aromatic N) is 3. The van der Waals surface area contributed by atoms with Crippen LogP contribution < -0.4 is 32.2 Å². The lowest BCUT2D eigenvalue weighted by Crippen LogP contribution is -2.35. The SMILES string of the molecule is Nc1c(NNC(=O)COc2ccc(Cl)cc2Cl)ncnc1NNC(=O)c1ccccn1. The Labute approximate surface area is 186 Å². The number of rotatable bonds is 8. The summed E-state index contributed by atoms with van der Waals surface area (Å²) < 4.78 is 5.33. The first kappa shape index (κ1) is 21.9. The van der Waals surface area contributed by atoms with Crippen molar-refractivity contribution in [1.82, 2.24) is 25.8 Å². The maximum atomic E-state index is 12.0. The van der Waals surface area contributed by atoms with Crippen LogP contribution >= 0.6 is 23.2 Å². The van der Waals surface area contributed by atoms with E-state index in [1.165, 1.54) is 18.6 Å². The molecule has 11 nitrogen and oxygen atoms in total. The Morgan fingerprint density at radius 2 is 1.74 bits per heavy atom. The highest BCUT2D eigenvalue weighted by Crippen LogP contribution is 2.27. The zero-order valence-corrected chi connectivity index (χ0v) is 17.2. The van der Waals surface area contributed by atoms with E-state index in [1.54, 1.807) is 30.3 Å². The smallest absolute Gasteiger partial charge is 0.288 e. The molecule has 6 N–H and O–H groups in total. The molecule has 0 spiro atoms. The number of amides is 2. The third kappa shape index (κ3) is 6.07. The molecule has 0 saturated carbocycles. The number of hydrogen-bond acceptors (Lipinski definition) is 9. The van der Waals surface area contributed by atoms with Gasteiger partial charge in [-0.1, -0.05) is 29.3 Å². The zero-order chi connectivity index (χ0) is 22.2. The van der Waals surface area contributed by atoms with Crippen molar-refractivity contribution in [1.29, 1.82) is 0 Å². The topological polar surface area (TPSA) is 156 Å². The minimum absolute atomic E-state index is 0.0470. The molecule has 13 heteroatoms. The van der Waals surface area contributed by atoms with Crippen LogP contribution in [0.2, 0.25) is 10.0 Å². The molecule has 0 radical (unpaired) electrons. The lowest BCUT2D eigenvalue weighted by molar-refractivity contribution is -0.122. The fourth-order valence-corrected chi connectivity index (χ4v) is 2.64. The van der Waals surface area contributed by atoms with Crippen molar-refractivity contribution in [3.05, 3.63) is 64.7 Å². The van der Waals surface area contributed by atoms with E-state index in [-0.39, 0.29) is 34.6 Å². The van der Waals surface area contributed by atoms with Gasteiger partial charge >= 0.3 is 0 Å². The van der Waals surface area contributed by atoms with Crippen LogP contribution in [0, 0.1) is 0 Å². The Kier molecular flexibility index (Phi) is 7.25. The van der Waals surface area contributed by atoms with Crippen LogP contribution in [0.1, 0.15) is 10.5 Å². The Bertz CT molecular complexity index is 1080. The molecule has 0 atom stereocenters. The first-order valence-electron chi connectivity index (χ1n) is 8.64. The minimum atomic E-state index is -0.526. The molecule has 1 aromatic carbocycles. The van der Waals surface area contributed by atoms with Gasteiger partial charge in [-0.05, 0) is 30.3 Å². The van der Waals surface area contributed by atoms with E-state index in [0.717, 1.165) is 0 Å². The highest BCUT2D eigenvalue weighted by Gasteiger charge is 2.12. The predicted octanol–water partition coefficient (Wildman–Crippen LogP) is 2.04. The van der Waals surface area contributed by atoms with Crippen LogP contribution in [0.5, 0.6) is 5.75 Å². The predicted molar refractivity (Wildman–Crippen MR) is 115 cm³/mol. The number of carbonyl (C=O) groups excluding carboxylic acids is 2. The van der Waals surface area contributed by atoms with Crippen molar-refractivity contribution in [2.24, 2.45) is 0 Å². The summed E-state index contributed by atoms with van der Waals surface area (Å²) in [4.78, 5) is 35.8. The molecule has 2 amide bonds. The Hall–Kier alpha value is -3.83. The van der Waals surface area contributed by atoms with Crippen LogP contribution in [0.4, 0.5) is 17.3 Å². The van der Waals surface area contributed by atoms with E-state index in [0.29, 0.717) is 10.8 Å². The second-order valence-electron chi connectivity index (χ2n) is 5.82. The van der Waals surface area contributed by atoms with Crippen molar-refractivity contribution >= 4 is 52.3 Å². The van der Waals surface area contributed by atoms with Crippen LogP contribution in [-0.2, 0) is 4.79 Å². The third-order valence-electron chi connectivity index (χ3n) is 3.65. The molecular weight excluding hydrogens is 447 g/mol. The molecule has 0 aliphatic rings. The van der Waals surface area contributed by atoms with Crippen molar-refractivity contribution in [2.45, 2.75) is 0 Å². The first-order valence-corrected chi connectivity index (χ1v) is 9.40. The number of pyridine rings is 1. The lowest BCUT2D eigenvalue weighted by Gasteiger charge is -2.14. The molecule has 2 heterocycles. The molecule has 0 fully saturated rings. The Morgan fingerprint density at radius 1 is 1.00 bits per heavy atom. The van der Waals surface area contributed by atoms with E-state index >= 15 is 0 Å². The first-order chi connectivity index (χ1) is 14.9. The molecular formula is C18H16Cl2N8O3. The van der Waals surface area contributed by atoms with Gasteiger partial charge in [-0.25, -0.2) is 9.97 Å². The van der Waals surface area contributed by atoms with Gasteiger partial charge in [0, 0.05) is 11.2 Å². The van der Waals surface area contributed by atoms with E-state index in [9.17, 15) is 9.59 Å². The van der Waals surface area contributed by atoms with Crippen molar-refractivity contribution in [3.8, 4) is 5.75 Å². The van der Waals surface area contributed by atoms with Crippen LogP contribution in [0.3, 0.4) is 0 Å². The highest BCUT2D eigenvalue weighted by molar-refractivity contribution is 6.35. The van der Waals surface area contributed by atoms with Gasteiger partial charge in [0.1, 0.15) is 23.5 Å². The zero-order valence-electron chi connectivity index (χ0n) is 15.7. The Morgan fingerprint density at radius 3 is 2.42 bits per heavy atom. The van der Waals surface area contributed by atoms with Gasteiger partial charge in [-0.15, -0.1) is 0 Å². The average Bonchev–Trinajstić information content (AvgIpc) is 2.77. The number of nitrogen functional groups attached to an aromatic ring is 1. The van der Waals surface area contributed by atoms with E-state index in [2.05, 4.69) is 36.7 Å². The quantitative estimate of drug-likeness (QED) is 0.316. The average molecular weight is 463 g/mol. The number of nitrogens with two attached hydrogens (primary N) is 1. The van der Waals surface area contributed by atoms with Crippen molar-refractivity contribution in [3.63, 3.8) is 0 Å². The number of aromatic nitrogens is 3. The minimum Gasteiger partial charge on any atom is -0.482 e. The van der Waals surface area contributed by atoms with Crippen molar-refractivity contribution < 1.29 is 14.3 Å². The molecule has 0 saturated heterocycles. The molecule has 3 rings (SSSR count). The van der Waals surface area contributed by atoms with Gasteiger partial charge in [0.05, 0.1) is 5.02 Å². The molecule has 0 unspecified atom stereocenters. The number of hydrazine groups is 2. The summed E-state index contributed by atoms with van der Waals surface area (Å²) in [6, 6.07) is 9.54. The van der Waals surface area contributed by atoms with Gasteiger partial charge in [-0.3, -0.25) is 36.3 Å². The molecule has 0 aliphatic carbocycles. The Balaban J connectivity index is 1.52. The fourth-order valence-electron chi connectivity index (χ4n) is 2.17. The molecule has 0 aliphatic heterocycles. The molecule has 160 valence electrons. The monoisotopic (exact) mass is 462 g/mol. The summed E-state index contributed by atoms with van der Waals surface area (Å²) in [7, 11) is 0. The number of anilines is 3. The maximum absolute atomic E-state index is 12.0. The van der Waals surface area contributed by atoms with Gasteiger partial charge in [-0.2, -0.15) is 0 Å². The lowest BCUT2D eigenvalue weighted by atomic mass is 10.3. The summed E-state index contributed by atoms with van der Waals surface area (Å²) in [6.07, 6.45) is 2.67. The van der Waals surface area contributed by atoms with Gasteiger partial charge in [0.25, 0.3) is 11.8 Å². The molecule has 31 heavy (non-hydrogen) atoms. The number of ether oxygens (including phenoxy) is 1. The van der Waals surface area contributed by atoms with Crippen molar-refractivity contribution in [2.75, 3.05) is 23.2 Å². The maximum Gasteiger partial charge on any atom is 0.288 e. The normalized spacial score (nSPS) is 10.1. The second kappa shape index (κ2) is 10.3. The number of carbonyl (C=O) groups is 2. The fraction of sp³-hybridized carbons (Fsp3) is 0.0556. The summed E-state index contributed by atoms with van der Waals surface area (Å²) in [5, 5.41) is 0.722. The van der Waals surface area contributed by atoms with Crippen LogP contribution in [0.15, 0.2) is 48.9 Å². The van der Waals surface area contributed by atoms with Gasteiger partial charge < -0.3 is 10.5 Å². The number of benzene rings is 1. The highest BCUT2D eigenvalue weighted by atomic mass is 35.5.